The van der Waals surface area contributed by atoms with E-state index in [1.165, 1.54) is 0 Å². The summed E-state index contributed by atoms with van der Waals surface area (Å²) in [6.45, 7) is 0. The molecule has 1 aliphatic heterocycles. The van der Waals surface area contributed by atoms with Crippen molar-refractivity contribution in [3.05, 3.63) is 31.2 Å². The summed E-state index contributed by atoms with van der Waals surface area (Å²) in [6.07, 6.45) is 0. The highest BCUT2D eigenvalue weighted by Gasteiger charge is 2.28. The second-order valence-electron chi connectivity index (χ2n) is 2.73. The van der Waals surface area contributed by atoms with Crippen molar-refractivity contribution in [1.82, 2.24) is 0 Å². The first kappa shape index (κ1) is 11.0. The van der Waals surface area contributed by atoms with Gasteiger partial charge in [-0.2, -0.15) is 0 Å². The van der Waals surface area contributed by atoms with Gasteiger partial charge in [0.05, 0.1) is 25.7 Å². The van der Waals surface area contributed by atoms with Crippen LogP contribution in [0.2, 0.25) is 20.1 Å². The van der Waals surface area contributed by atoms with E-state index in [1.54, 1.807) is 0 Å². The Balaban J connectivity index is 2.92. The van der Waals surface area contributed by atoms with Crippen molar-refractivity contribution in [2.24, 2.45) is 4.99 Å². The van der Waals surface area contributed by atoms with E-state index in [0.717, 1.165) is 0 Å². The van der Waals surface area contributed by atoms with Gasteiger partial charge in [-0.3, -0.25) is 4.79 Å². The minimum Gasteiger partial charge on any atom is -0.858 e. The first-order chi connectivity index (χ1) is 6.95. The van der Waals surface area contributed by atoms with Crippen molar-refractivity contribution in [2.45, 2.75) is 0 Å². The number of amides is 1. The molecule has 1 heterocycles. The van der Waals surface area contributed by atoms with Gasteiger partial charge in [-0.1, -0.05) is 46.4 Å². The number of rotatable bonds is 0. The zero-order valence-corrected chi connectivity index (χ0v) is 9.80. The highest BCUT2D eigenvalue weighted by molar-refractivity contribution is 6.54. The molecule has 0 aliphatic carbocycles. The van der Waals surface area contributed by atoms with Gasteiger partial charge in [0.15, 0.2) is 0 Å². The number of benzene rings is 1. The third-order valence-electron chi connectivity index (χ3n) is 1.90. The molecule has 1 aromatic carbocycles. The predicted octanol–water partition coefficient (Wildman–Crippen LogP) is 2.56. The minimum absolute atomic E-state index is 0.0552. The molecular formula is C8Cl4NO2-. The van der Waals surface area contributed by atoms with Gasteiger partial charge in [-0.15, -0.1) is 0 Å². The Morgan fingerprint density at radius 1 is 0.867 bits per heavy atom. The molecule has 1 aromatic rings. The molecule has 2 rings (SSSR count). The fourth-order valence-electron chi connectivity index (χ4n) is 1.24. The SMILES string of the molecule is O=C1N=C([O-])c2c(Cl)c(Cl)c(Cl)c(Cl)c21. The Morgan fingerprint density at radius 3 is 1.87 bits per heavy atom. The van der Waals surface area contributed by atoms with Crippen LogP contribution in [-0.2, 0) is 0 Å². The van der Waals surface area contributed by atoms with Crippen molar-refractivity contribution in [2.75, 3.05) is 0 Å². The summed E-state index contributed by atoms with van der Waals surface area (Å²) in [5.41, 5.74) is -0.165. The van der Waals surface area contributed by atoms with Crippen LogP contribution in [0.15, 0.2) is 4.99 Å². The Hall–Kier alpha value is -0.480. The van der Waals surface area contributed by atoms with E-state index in [1.807, 2.05) is 0 Å². The number of carbonyl (C=O) groups is 1. The van der Waals surface area contributed by atoms with Crippen LogP contribution in [0.1, 0.15) is 15.9 Å². The van der Waals surface area contributed by atoms with Crippen LogP contribution in [0.4, 0.5) is 0 Å². The fourth-order valence-corrected chi connectivity index (χ4v) is 2.25. The molecule has 1 amide bonds. The number of nitrogens with zero attached hydrogens (tertiary/aromatic N) is 1. The lowest BCUT2D eigenvalue weighted by Crippen LogP contribution is -2.17. The quantitative estimate of drug-likeness (QED) is 0.543. The molecular weight excluding hydrogens is 284 g/mol. The maximum Gasteiger partial charge on any atom is 0.278 e. The first-order valence-corrected chi connectivity index (χ1v) is 5.12. The minimum atomic E-state index is -0.750. The van der Waals surface area contributed by atoms with Crippen molar-refractivity contribution in [1.29, 1.82) is 0 Å². The molecule has 0 saturated carbocycles. The van der Waals surface area contributed by atoms with Crippen LogP contribution in [-0.4, -0.2) is 11.8 Å². The third-order valence-corrected chi connectivity index (χ3v) is 3.70. The molecule has 15 heavy (non-hydrogen) atoms. The van der Waals surface area contributed by atoms with Crippen molar-refractivity contribution >= 4 is 58.2 Å². The molecule has 1 aliphatic rings. The summed E-state index contributed by atoms with van der Waals surface area (Å²) in [4.78, 5) is 14.5. The highest BCUT2D eigenvalue weighted by atomic mass is 35.5. The molecule has 0 spiro atoms. The fraction of sp³-hybridized carbons (Fsp3) is 0. The highest BCUT2D eigenvalue weighted by Crippen LogP contribution is 2.43. The maximum atomic E-state index is 11.3. The van der Waals surface area contributed by atoms with Gasteiger partial charge in [0.1, 0.15) is 0 Å². The predicted molar refractivity (Wildman–Crippen MR) is 57.3 cm³/mol. The average Bonchev–Trinajstić information content (AvgIpc) is 2.47. The molecule has 0 N–H and O–H groups in total. The van der Waals surface area contributed by atoms with Crippen LogP contribution in [0.3, 0.4) is 0 Å². The van der Waals surface area contributed by atoms with E-state index in [9.17, 15) is 9.90 Å². The molecule has 3 nitrogen and oxygen atoms in total. The summed E-state index contributed by atoms with van der Waals surface area (Å²) in [6, 6.07) is 0. The summed E-state index contributed by atoms with van der Waals surface area (Å²) >= 11 is 23.0. The zero-order chi connectivity index (χ0) is 11.3. The van der Waals surface area contributed by atoms with E-state index < -0.39 is 11.8 Å². The first-order valence-electron chi connectivity index (χ1n) is 3.61. The lowest BCUT2D eigenvalue weighted by atomic mass is 10.1. The van der Waals surface area contributed by atoms with E-state index in [0.29, 0.717) is 0 Å². The standard InChI is InChI=1S/C8HCl4NO2/c9-3-1-2(8(15)13-7(1)14)4(10)6(12)5(3)11/h(H,13,14,15)/p-1. The van der Waals surface area contributed by atoms with Crippen LogP contribution in [0, 0.1) is 0 Å². The second-order valence-corrected chi connectivity index (χ2v) is 4.24. The number of carbonyl (C=O) groups excluding carboxylic acids is 1. The molecule has 0 unspecified atom stereocenters. The number of aliphatic imine (C=N–C) groups is 1. The van der Waals surface area contributed by atoms with Crippen LogP contribution >= 0.6 is 46.4 Å². The van der Waals surface area contributed by atoms with Gasteiger partial charge in [-0.05, 0) is 0 Å². The number of halogens is 4. The van der Waals surface area contributed by atoms with Crippen molar-refractivity contribution in [3.8, 4) is 0 Å². The monoisotopic (exact) mass is 282 g/mol. The molecule has 7 heteroatoms. The number of fused-ring (bicyclic) bond motifs is 1. The number of hydrogen-bond donors (Lipinski definition) is 0. The zero-order valence-electron chi connectivity index (χ0n) is 6.78. The summed E-state index contributed by atoms with van der Waals surface area (Å²) in [5.74, 6) is -1.50. The number of hydrogen-bond acceptors (Lipinski definition) is 2. The van der Waals surface area contributed by atoms with Gasteiger partial charge >= 0.3 is 0 Å². The summed E-state index contributed by atoms with van der Waals surface area (Å²) in [5, 5.41) is 11.0. The molecule has 0 atom stereocenters. The maximum absolute atomic E-state index is 11.3. The second kappa shape index (κ2) is 3.52. The van der Waals surface area contributed by atoms with Crippen molar-refractivity contribution < 1.29 is 9.90 Å². The van der Waals surface area contributed by atoms with E-state index in [-0.39, 0.29) is 31.2 Å². The topological polar surface area (TPSA) is 52.5 Å². The largest absolute Gasteiger partial charge is 0.858 e. The lowest BCUT2D eigenvalue weighted by molar-refractivity contribution is -0.212. The van der Waals surface area contributed by atoms with E-state index >= 15 is 0 Å². The summed E-state index contributed by atoms with van der Waals surface area (Å²) < 4.78 is 0. The average molecular weight is 284 g/mol. The van der Waals surface area contributed by atoms with Crippen LogP contribution in [0.25, 0.3) is 0 Å². The third kappa shape index (κ3) is 1.42. The van der Waals surface area contributed by atoms with Gasteiger partial charge in [0.2, 0.25) is 0 Å². The normalized spacial score (nSPS) is 14.1. The molecule has 0 radical (unpaired) electrons. The Bertz CT molecular complexity index is 524. The Labute approximate surface area is 104 Å². The van der Waals surface area contributed by atoms with E-state index in [2.05, 4.69) is 4.99 Å². The molecule has 0 bridgehead atoms. The Morgan fingerprint density at radius 2 is 1.33 bits per heavy atom. The lowest BCUT2D eigenvalue weighted by Gasteiger charge is -2.12. The Kier molecular flexibility index (Phi) is 2.59. The van der Waals surface area contributed by atoms with E-state index in [4.69, 9.17) is 46.4 Å². The molecule has 78 valence electrons. The van der Waals surface area contributed by atoms with Crippen LogP contribution < -0.4 is 5.11 Å². The smallest absolute Gasteiger partial charge is 0.278 e. The van der Waals surface area contributed by atoms with Gasteiger partial charge < -0.3 is 5.11 Å². The van der Waals surface area contributed by atoms with Crippen LogP contribution in [0.5, 0.6) is 0 Å². The van der Waals surface area contributed by atoms with Gasteiger partial charge in [0, 0.05) is 11.5 Å². The molecule has 0 saturated heterocycles. The van der Waals surface area contributed by atoms with Gasteiger partial charge in [-0.25, -0.2) is 4.99 Å². The molecule has 0 fully saturated rings. The van der Waals surface area contributed by atoms with Gasteiger partial charge in [0.25, 0.3) is 5.91 Å². The van der Waals surface area contributed by atoms with Crippen molar-refractivity contribution in [3.63, 3.8) is 0 Å². The molecule has 0 aromatic heterocycles. The summed E-state index contributed by atoms with van der Waals surface area (Å²) in [7, 11) is 0.